The normalized spacial score (nSPS) is 13.1. The van der Waals surface area contributed by atoms with E-state index < -0.39 is 6.18 Å². The van der Waals surface area contributed by atoms with Crippen LogP contribution in [0, 0.1) is 0 Å². The van der Waals surface area contributed by atoms with Gasteiger partial charge in [-0.15, -0.1) is 0 Å². The molecular formula is C9H6F3I. The van der Waals surface area contributed by atoms with Crippen molar-refractivity contribution in [1.29, 1.82) is 0 Å². The molecule has 13 heavy (non-hydrogen) atoms. The maximum atomic E-state index is 11.9. The van der Waals surface area contributed by atoms with Gasteiger partial charge in [0.2, 0.25) is 0 Å². The summed E-state index contributed by atoms with van der Waals surface area (Å²) < 4.78 is 35.9. The van der Waals surface area contributed by atoms with Gasteiger partial charge in [0.15, 0.2) is 0 Å². The van der Waals surface area contributed by atoms with Crippen LogP contribution >= 0.6 is 22.6 Å². The summed E-state index contributed by atoms with van der Waals surface area (Å²) in [5.74, 6) is 0. The zero-order valence-electron chi connectivity index (χ0n) is 6.48. The first-order valence-corrected chi connectivity index (χ1v) is 4.57. The lowest BCUT2D eigenvalue weighted by Gasteiger charge is -2.02. The van der Waals surface area contributed by atoms with Crippen molar-refractivity contribution >= 4 is 26.2 Å². The fraction of sp³-hybridized carbons (Fsp3) is 0.111. The van der Waals surface area contributed by atoms with E-state index in [0.717, 1.165) is 0 Å². The van der Waals surface area contributed by atoms with Crippen molar-refractivity contribution in [3.05, 3.63) is 42.0 Å². The molecule has 0 radical (unpaired) electrons. The van der Waals surface area contributed by atoms with Crippen LogP contribution in [0.4, 0.5) is 13.2 Å². The van der Waals surface area contributed by atoms with Crippen LogP contribution in [0.25, 0.3) is 3.58 Å². The Hall–Kier alpha value is -0.520. The second kappa shape index (κ2) is 4.13. The summed E-state index contributed by atoms with van der Waals surface area (Å²) in [6, 6.07) is 8.46. The summed E-state index contributed by atoms with van der Waals surface area (Å²) in [5.41, 5.74) is 0.584. The molecule has 0 saturated carbocycles. The van der Waals surface area contributed by atoms with Gasteiger partial charge >= 0.3 is 6.18 Å². The molecule has 0 aliphatic carbocycles. The van der Waals surface area contributed by atoms with Crippen LogP contribution in [-0.2, 0) is 0 Å². The van der Waals surface area contributed by atoms with Crippen molar-refractivity contribution in [2.75, 3.05) is 0 Å². The Morgan fingerprint density at radius 3 is 2.15 bits per heavy atom. The fourth-order valence-electron chi connectivity index (χ4n) is 0.824. The quantitative estimate of drug-likeness (QED) is 0.687. The van der Waals surface area contributed by atoms with Gasteiger partial charge < -0.3 is 0 Å². The Bertz CT molecular complexity index is 300. The third-order valence-electron chi connectivity index (χ3n) is 1.34. The predicted octanol–water partition coefficient (Wildman–Crippen LogP) is 4.02. The van der Waals surface area contributed by atoms with Gasteiger partial charge in [-0.3, -0.25) is 0 Å². The van der Waals surface area contributed by atoms with Crippen molar-refractivity contribution in [2.24, 2.45) is 0 Å². The van der Waals surface area contributed by atoms with Gasteiger partial charge in [0.25, 0.3) is 0 Å². The molecule has 1 rings (SSSR count). The van der Waals surface area contributed by atoms with Crippen LogP contribution in [0.1, 0.15) is 5.56 Å². The molecule has 0 N–H and O–H groups in total. The number of allylic oxidation sites excluding steroid dienone is 1. The maximum Gasteiger partial charge on any atom is 0.410 e. The van der Waals surface area contributed by atoms with Crippen molar-refractivity contribution in [1.82, 2.24) is 0 Å². The number of hydrogen-bond donors (Lipinski definition) is 0. The third kappa shape index (κ3) is 3.80. The molecule has 0 atom stereocenters. The van der Waals surface area contributed by atoms with Crippen molar-refractivity contribution < 1.29 is 13.2 Å². The van der Waals surface area contributed by atoms with E-state index in [2.05, 4.69) is 0 Å². The van der Waals surface area contributed by atoms with E-state index in [4.69, 9.17) is 0 Å². The highest BCUT2D eigenvalue weighted by molar-refractivity contribution is 14.1. The molecule has 0 bridgehead atoms. The molecule has 4 heteroatoms. The molecule has 1 aromatic carbocycles. The highest BCUT2D eigenvalue weighted by Crippen LogP contribution is 2.28. The van der Waals surface area contributed by atoms with Crippen LogP contribution in [0.15, 0.2) is 36.4 Å². The summed E-state index contributed by atoms with van der Waals surface area (Å²) in [6.45, 7) is 0. The highest BCUT2D eigenvalue weighted by Gasteiger charge is 2.24. The standard InChI is InChI=1S/C9H6F3I/c10-9(11,12)6-8(13)7-4-2-1-3-5-7/h1-6H. The Kier molecular flexibility index (Phi) is 3.35. The minimum atomic E-state index is -4.24. The molecule has 0 spiro atoms. The first kappa shape index (κ1) is 10.6. The van der Waals surface area contributed by atoms with Crippen LogP contribution in [0.5, 0.6) is 0 Å². The largest absolute Gasteiger partial charge is 0.410 e. The van der Waals surface area contributed by atoms with Crippen LogP contribution in [0.2, 0.25) is 0 Å². The molecule has 0 aliphatic heterocycles. The molecular weight excluding hydrogens is 292 g/mol. The maximum absolute atomic E-state index is 11.9. The molecule has 0 fully saturated rings. The summed E-state index contributed by atoms with van der Waals surface area (Å²) in [5, 5.41) is 0. The average Bonchev–Trinajstić information content (AvgIpc) is 2.03. The van der Waals surface area contributed by atoms with Crippen molar-refractivity contribution in [2.45, 2.75) is 6.18 Å². The Balaban J connectivity index is 2.92. The number of rotatable bonds is 1. The first-order chi connectivity index (χ1) is 5.99. The van der Waals surface area contributed by atoms with Gasteiger partial charge in [0.1, 0.15) is 0 Å². The summed E-state index contributed by atoms with van der Waals surface area (Å²) in [4.78, 5) is 0. The van der Waals surface area contributed by atoms with E-state index in [-0.39, 0.29) is 3.58 Å². The van der Waals surface area contributed by atoms with Crippen LogP contribution in [-0.4, -0.2) is 6.18 Å². The van der Waals surface area contributed by atoms with Crippen molar-refractivity contribution in [3.63, 3.8) is 0 Å². The van der Waals surface area contributed by atoms with E-state index in [1.165, 1.54) is 0 Å². The topological polar surface area (TPSA) is 0 Å². The third-order valence-corrected chi connectivity index (χ3v) is 2.27. The monoisotopic (exact) mass is 298 g/mol. The molecule has 0 aliphatic rings. The van der Waals surface area contributed by atoms with Gasteiger partial charge in [-0.25, -0.2) is 0 Å². The lowest BCUT2D eigenvalue weighted by atomic mass is 10.2. The molecule has 70 valence electrons. The van der Waals surface area contributed by atoms with Gasteiger partial charge in [0.05, 0.1) is 0 Å². The SMILES string of the molecule is FC(F)(F)C=C(I)c1ccccc1. The molecule has 0 aromatic heterocycles. The van der Waals surface area contributed by atoms with Gasteiger partial charge in [-0.05, 0) is 28.2 Å². The summed E-state index contributed by atoms with van der Waals surface area (Å²) in [7, 11) is 0. The van der Waals surface area contributed by atoms with E-state index in [9.17, 15) is 13.2 Å². The zero-order valence-corrected chi connectivity index (χ0v) is 8.63. The molecule has 1 aromatic rings. The minimum Gasteiger partial charge on any atom is -0.167 e. The van der Waals surface area contributed by atoms with Crippen LogP contribution < -0.4 is 0 Å². The van der Waals surface area contributed by atoms with Crippen LogP contribution in [0.3, 0.4) is 0 Å². The van der Waals surface area contributed by atoms with Gasteiger partial charge in [-0.2, -0.15) is 13.2 Å². The number of halogens is 4. The van der Waals surface area contributed by atoms with E-state index in [1.807, 2.05) is 0 Å². The lowest BCUT2D eigenvalue weighted by molar-refractivity contribution is -0.0791. The fourth-order valence-corrected chi connectivity index (χ4v) is 1.54. The molecule has 0 heterocycles. The predicted molar refractivity (Wildman–Crippen MR) is 54.5 cm³/mol. The van der Waals surface area contributed by atoms with Crippen molar-refractivity contribution in [3.8, 4) is 0 Å². The second-order valence-corrected chi connectivity index (χ2v) is 3.56. The van der Waals surface area contributed by atoms with E-state index in [0.29, 0.717) is 11.6 Å². The minimum absolute atomic E-state index is 0.200. The summed E-state index contributed by atoms with van der Waals surface area (Å²) >= 11 is 1.67. The smallest absolute Gasteiger partial charge is 0.167 e. The lowest BCUT2D eigenvalue weighted by Crippen LogP contribution is -2.01. The molecule has 0 saturated heterocycles. The summed E-state index contributed by atoms with van der Waals surface area (Å²) in [6.07, 6.45) is -3.95. The van der Waals surface area contributed by atoms with E-state index in [1.54, 1.807) is 52.9 Å². The number of alkyl halides is 3. The highest BCUT2D eigenvalue weighted by atomic mass is 127. The first-order valence-electron chi connectivity index (χ1n) is 3.49. The Morgan fingerprint density at radius 2 is 1.69 bits per heavy atom. The second-order valence-electron chi connectivity index (χ2n) is 2.40. The molecule has 0 amide bonds. The average molecular weight is 298 g/mol. The van der Waals surface area contributed by atoms with Gasteiger partial charge in [0, 0.05) is 9.66 Å². The zero-order chi connectivity index (χ0) is 9.90. The Labute approximate surface area is 87.6 Å². The molecule has 0 nitrogen and oxygen atoms in total. The Morgan fingerprint density at radius 1 is 1.15 bits per heavy atom. The number of benzene rings is 1. The number of hydrogen-bond acceptors (Lipinski definition) is 0. The van der Waals surface area contributed by atoms with E-state index >= 15 is 0 Å². The molecule has 0 unspecified atom stereocenters. The van der Waals surface area contributed by atoms with Gasteiger partial charge in [-0.1, -0.05) is 30.3 Å².